The Balaban J connectivity index is 2.02. The third-order valence-electron chi connectivity index (χ3n) is 2.61. The van der Waals surface area contributed by atoms with Gasteiger partial charge < -0.3 is 10.1 Å². The van der Waals surface area contributed by atoms with Gasteiger partial charge in [0, 0.05) is 16.8 Å². The molecule has 2 aromatic carbocycles. The fraction of sp³-hybridized carbons (Fsp3) is 0.0625. The van der Waals surface area contributed by atoms with Crippen LogP contribution in [0.5, 0.6) is 5.75 Å². The van der Waals surface area contributed by atoms with Gasteiger partial charge in [-0.3, -0.25) is 4.79 Å². The van der Waals surface area contributed by atoms with E-state index in [1.807, 2.05) is 24.3 Å². The van der Waals surface area contributed by atoms with Crippen molar-refractivity contribution in [3.8, 4) is 5.75 Å². The van der Waals surface area contributed by atoms with Crippen LogP contribution in [0.3, 0.4) is 0 Å². The number of methoxy groups -OCH3 is 1. The van der Waals surface area contributed by atoms with E-state index in [9.17, 15) is 4.79 Å². The second-order valence-corrected chi connectivity index (χ2v) is 4.55. The van der Waals surface area contributed by atoms with E-state index in [2.05, 4.69) is 5.32 Å². The first-order chi connectivity index (χ1) is 9.67. The van der Waals surface area contributed by atoms with Gasteiger partial charge in [-0.2, -0.15) is 0 Å². The first kappa shape index (κ1) is 14.2. The largest absolute Gasteiger partial charge is 0.497 e. The molecule has 0 fully saturated rings. The normalized spacial score (nSPS) is 10.5. The van der Waals surface area contributed by atoms with Gasteiger partial charge in [-0.25, -0.2) is 0 Å². The Bertz CT molecular complexity index is 638. The molecule has 2 rings (SSSR count). The predicted octanol–water partition coefficient (Wildman–Crippen LogP) is 4.00. The molecular formula is C16H14ClNO2. The highest BCUT2D eigenvalue weighted by molar-refractivity contribution is 6.30. The Hall–Kier alpha value is -2.26. The summed E-state index contributed by atoms with van der Waals surface area (Å²) in [5.41, 5.74) is 1.56. The second-order valence-electron chi connectivity index (χ2n) is 4.11. The number of anilines is 1. The zero-order chi connectivity index (χ0) is 14.4. The molecule has 0 aliphatic heterocycles. The van der Waals surface area contributed by atoms with Gasteiger partial charge in [-0.05, 0) is 42.0 Å². The highest BCUT2D eigenvalue weighted by Crippen LogP contribution is 2.16. The summed E-state index contributed by atoms with van der Waals surface area (Å²) in [5, 5.41) is 3.32. The number of hydrogen-bond donors (Lipinski definition) is 1. The molecule has 0 saturated heterocycles. The molecule has 0 aliphatic carbocycles. The summed E-state index contributed by atoms with van der Waals surface area (Å²) in [6.45, 7) is 0. The van der Waals surface area contributed by atoms with Crippen LogP contribution in [0.4, 0.5) is 5.69 Å². The third-order valence-corrected chi connectivity index (χ3v) is 2.85. The van der Waals surface area contributed by atoms with Crippen molar-refractivity contribution in [3.05, 3.63) is 65.2 Å². The highest BCUT2D eigenvalue weighted by Gasteiger charge is 1.99. The van der Waals surface area contributed by atoms with Crippen LogP contribution in [0.1, 0.15) is 5.56 Å². The molecule has 0 bridgehead atoms. The van der Waals surface area contributed by atoms with E-state index in [0.717, 1.165) is 11.3 Å². The van der Waals surface area contributed by atoms with E-state index < -0.39 is 0 Å². The van der Waals surface area contributed by atoms with Crippen LogP contribution in [-0.2, 0) is 4.79 Å². The van der Waals surface area contributed by atoms with Gasteiger partial charge in [0.1, 0.15) is 5.75 Å². The van der Waals surface area contributed by atoms with E-state index in [1.165, 1.54) is 6.08 Å². The molecule has 0 radical (unpaired) electrons. The Morgan fingerprint density at radius 1 is 1.20 bits per heavy atom. The lowest BCUT2D eigenvalue weighted by Crippen LogP contribution is -2.07. The van der Waals surface area contributed by atoms with Crippen molar-refractivity contribution in [2.24, 2.45) is 0 Å². The maximum atomic E-state index is 11.8. The Morgan fingerprint density at radius 2 is 2.00 bits per heavy atom. The van der Waals surface area contributed by atoms with Crippen molar-refractivity contribution in [3.63, 3.8) is 0 Å². The molecule has 0 atom stereocenters. The predicted molar refractivity (Wildman–Crippen MR) is 82.1 cm³/mol. The van der Waals surface area contributed by atoms with Crippen molar-refractivity contribution >= 4 is 29.3 Å². The molecular weight excluding hydrogens is 274 g/mol. The molecule has 2 aromatic rings. The zero-order valence-corrected chi connectivity index (χ0v) is 11.7. The number of ether oxygens (including phenoxy) is 1. The number of carbonyl (C=O) groups excluding carboxylic acids is 1. The number of hydrogen-bond acceptors (Lipinski definition) is 2. The second kappa shape index (κ2) is 6.78. The molecule has 102 valence electrons. The van der Waals surface area contributed by atoms with Crippen LogP contribution >= 0.6 is 11.6 Å². The average Bonchev–Trinajstić information content (AvgIpc) is 2.45. The minimum Gasteiger partial charge on any atom is -0.497 e. The summed E-state index contributed by atoms with van der Waals surface area (Å²) in [5.74, 6) is 0.539. The molecule has 0 spiro atoms. The first-order valence-electron chi connectivity index (χ1n) is 6.06. The standard InChI is InChI=1S/C16H14ClNO2/c1-20-15-7-2-4-12(10-15)8-9-16(19)18-14-6-3-5-13(17)11-14/h2-11H,1H3,(H,18,19). The molecule has 3 nitrogen and oxygen atoms in total. The number of nitrogens with one attached hydrogen (secondary N) is 1. The van der Waals surface area contributed by atoms with Crippen LogP contribution < -0.4 is 10.1 Å². The summed E-state index contributed by atoms with van der Waals surface area (Å²) in [7, 11) is 1.61. The van der Waals surface area contributed by atoms with Gasteiger partial charge in [-0.15, -0.1) is 0 Å². The maximum absolute atomic E-state index is 11.8. The van der Waals surface area contributed by atoms with Crippen molar-refractivity contribution in [2.45, 2.75) is 0 Å². The lowest BCUT2D eigenvalue weighted by atomic mass is 10.2. The van der Waals surface area contributed by atoms with Crippen LogP contribution in [0, 0.1) is 0 Å². The number of carbonyl (C=O) groups is 1. The van der Waals surface area contributed by atoms with Gasteiger partial charge in [-0.1, -0.05) is 29.8 Å². The fourth-order valence-corrected chi connectivity index (χ4v) is 1.86. The molecule has 0 saturated carbocycles. The lowest BCUT2D eigenvalue weighted by Gasteiger charge is -2.02. The number of amides is 1. The van der Waals surface area contributed by atoms with Gasteiger partial charge >= 0.3 is 0 Å². The molecule has 20 heavy (non-hydrogen) atoms. The summed E-state index contributed by atoms with van der Waals surface area (Å²) < 4.78 is 5.12. The first-order valence-corrected chi connectivity index (χ1v) is 6.44. The Morgan fingerprint density at radius 3 is 2.75 bits per heavy atom. The summed E-state index contributed by atoms with van der Waals surface area (Å²) in [6.07, 6.45) is 3.19. The fourth-order valence-electron chi connectivity index (χ4n) is 1.67. The summed E-state index contributed by atoms with van der Waals surface area (Å²) in [4.78, 5) is 11.8. The monoisotopic (exact) mass is 287 g/mol. The van der Waals surface area contributed by atoms with E-state index >= 15 is 0 Å². The Kier molecular flexibility index (Phi) is 4.80. The summed E-state index contributed by atoms with van der Waals surface area (Å²) >= 11 is 5.85. The van der Waals surface area contributed by atoms with Crippen molar-refractivity contribution in [1.82, 2.24) is 0 Å². The van der Waals surface area contributed by atoms with E-state index in [-0.39, 0.29) is 5.91 Å². The van der Waals surface area contributed by atoms with Crippen LogP contribution in [0.2, 0.25) is 5.02 Å². The van der Waals surface area contributed by atoms with E-state index in [4.69, 9.17) is 16.3 Å². The van der Waals surface area contributed by atoms with Crippen molar-refractivity contribution in [2.75, 3.05) is 12.4 Å². The van der Waals surface area contributed by atoms with Gasteiger partial charge in [0.25, 0.3) is 0 Å². The molecule has 4 heteroatoms. The van der Waals surface area contributed by atoms with Crippen LogP contribution in [-0.4, -0.2) is 13.0 Å². The zero-order valence-electron chi connectivity index (χ0n) is 11.0. The Labute approximate surface area is 122 Å². The van der Waals surface area contributed by atoms with Crippen LogP contribution in [0.25, 0.3) is 6.08 Å². The molecule has 0 unspecified atom stereocenters. The number of benzene rings is 2. The molecule has 0 aliphatic rings. The maximum Gasteiger partial charge on any atom is 0.248 e. The quantitative estimate of drug-likeness (QED) is 0.863. The molecule has 0 heterocycles. The summed E-state index contributed by atoms with van der Waals surface area (Å²) in [6, 6.07) is 14.5. The topological polar surface area (TPSA) is 38.3 Å². The van der Waals surface area contributed by atoms with Gasteiger partial charge in [0.05, 0.1) is 7.11 Å². The van der Waals surface area contributed by atoms with Gasteiger partial charge in [0.2, 0.25) is 5.91 Å². The molecule has 1 N–H and O–H groups in total. The number of rotatable bonds is 4. The SMILES string of the molecule is COc1cccc(C=CC(=O)Nc2cccc(Cl)c2)c1. The van der Waals surface area contributed by atoms with Crippen molar-refractivity contribution < 1.29 is 9.53 Å². The van der Waals surface area contributed by atoms with Crippen LogP contribution in [0.15, 0.2) is 54.6 Å². The average molecular weight is 288 g/mol. The van der Waals surface area contributed by atoms with Crippen molar-refractivity contribution in [1.29, 1.82) is 0 Å². The minimum atomic E-state index is -0.213. The molecule has 0 aromatic heterocycles. The minimum absolute atomic E-state index is 0.213. The smallest absolute Gasteiger partial charge is 0.248 e. The molecule has 1 amide bonds. The van der Waals surface area contributed by atoms with E-state index in [1.54, 1.807) is 37.5 Å². The van der Waals surface area contributed by atoms with Gasteiger partial charge in [0.15, 0.2) is 0 Å². The third kappa shape index (κ3) is 4.14. The lowest BCUT2D eigenvalue weighted by molar-refractivity contribution is -0.111. The number of halogens is 1. The van der Waals surface area contributed by atoms with E-state index in [0.29, 0.717) is 10.7 Å². The highest BCUT2D eigenvalue weighted by atomic mass is 35.5.